The van der Waals surface area contributed by atoms with Gasteiger partial charge in [-0.2, -0.15) is 5.10 Å². The van der Waals surface area contributed by atoms with E-state index >= 15 is 0 Å². The van der Waals surface area contributed by atoms with Crippen molar-refractivity contribution in [1.82, 2.24) is 9.78 Å². The van der Waals surface area contributed by atoms with Crippen LogP contribution >= 0.6 is 11.6 Å². The Bertz CT molecular complexity index is 279. The summed E-state index contributed by atoms with van der Waals surface area (Å²) in [7, 11) is 0. The molecule has 0 aliphatic rings. The van der Waals surface area contributed by atoms with Gasteiger partial charge in [0.2, 0.25) is 0 Å². The zero-order valence-corrected chi connectivity index (χ0v) is 10.7. The molecule has 0 bridgehead atoms. The average Bonchev–Trinajstić information content (AvgIpc) is 2.73. The number of nitrogens with zero attached hydrogens (tertiary/aromatic N) is 2. The highest BCUT2D eigenvalue weighted by atomic mass is 35.5. The summed E-state index contributed by atoms with van der Waals surface area (Å²) in [6.45, 7) is 7.57. The number of hydrogen-bond acceptors (Lipinski definition) is 1. The second-order valence-corrected chi connectivity index (χ2v) is 4.58. The molecule has 2 nitrogen and oxygen atoms in total. The van der Waals surface area contributed by atoms with Crippen molar-refractivity contribution in [2.45, 2.75) is 52.0 Å². The maximum Gasteiger partial charge on any atom is 0.0613 e. The van der Waals surface area contributed by atoms with Gasteiger partial charge in [-0.3, -0.25) is 4.68 Å². The molecule has 0 aliphatic heterocycles. The zero-order valence-electron chi connectivity index (χ0n) is 9.91. The second kappa shape index (κ2) is 6.16. The Hall–Kier alpha value is -0.500. The van der Waals surface area contributed by atoms with E-state index in [1.807, 2.05) is 10.9 Å². The average molecular weight is 229 g/mol. The molecule has 0 saturated heterocycles. The molecule has 1 unspecified atom stereocenters. The smallest absolute Gasteiger partial charge is 0.0613 e. The lowest BCUT2D eigenvalue weighted by molar-refractivity contribution is 0.396. The van der Waals surface area contributed by atoms with E-state index in [4.69, 9.17) is 11.6 Å². The molecule has 15 heavy (non-hydrogen) atoms. The molecule has 0 aromatic carbocycles. The summed E-state index contributed by atoms with van der Waals surface area (Å²) in [6, 6.07) is 0. The van der Waals surface area contributed by atoms with E-state index in [1.165, 1.54) is 12.8 Å². The van der Waals surface area contributed by atoms with E-state index in [0.29, 0.717) is 0 Å². The molecule has 1 aromatic heterocycles. The van der Waals surface area contributed by atoms with Crippen molar-refractivity contribution in [2.75, 3.05) is 0 Å². The van der Waals surface area contributed by atoms with Crippen LogP contribution < -0.4 is 0 Å². The third-order valence-electron chi connectivity index (χ3n) is 2.97. The van der Waals surface area contributed by atoms with Gasteiger partial charge < -0.3 is 0 Å². The molecule has 0 radical (unpaired) electrons. The predicted molar refractivity (Wildman–Crippen MR) is 65.2 cm³/mol. The van der Waals surface area contributed by atoms with Crippen LogP contribution in [0.15, 0.2) is 12.4 Å². The normalized spacial score (nSPS) is 13.4. The molecule has 1 atom stereocenters. The van der Waals surface area contributed by atoms with Gasteiger partial charge in [0, 0.05) is 18.3 Å². The highest BCUT2D eigenvalue weighted by molar-refractivity contribution is 6.20. The number of rotatable bonds is 6. The first kappa shape index (κ1) is 12.6. The van der Waals surface area contributed by atoms with Crippen LogP contribution in [0, 0.1) is 5.92 Å². The van der Waals surface area contributed by atoms with E-state index in [9.17, 15) is 0 Å². The summed E-state index contributed by atoms with van der Waals surface area (Å²) in [4.78, 5) is 0. The molecular weight excluding hydrogens is 208 g/mol. The summed E-state index contributed by atoms with van der Waals surface area (Å²) in [6.07, 6.45) is 7.36. The standard InChI is InChI=1S/C12H21ClN2/c1-4-10(5-2)8-15-9-11(7-14-15)12(13)6-3/h7,9-10,12H,4-6,8H2,1-3H3. The highest BCUT2D eigenvalue weighted by Gasteiger charge is 2.10. The van der Waals surface area contributed by atoms with E-state index < -0.39 is 0 Å². The molecule has 3 heteroatoms. The molecule has 0 N–H and O–H groups in total. The Morgan fingerprint density at radius 3 is 2.47 bits per heavy atom. The fourth-order valence-corrected chi connectivity index (χ4v) is 1.80. The van der Waals surface area contributed by atoms with Gasteiger partial charge in [-0.25, -0.2) is 0 Å². The van der Waals surface area contributed by atoms with Gasteiger partial charge in [-0.05, 0) is 12.3 Å². The maximum atomic E-state index is 6.15. The minimum absolute atomic E-state index is 0.112. The fraction of sp³-hybridized carbons (Fsp3) is 0.750. The first-order valence-corrected chi connectivity index (χ1v) is 6.31. The van der Waals surface area contributed by atoms with Gasteiger partial charge in [0.05, 0.1) is 11.6 Å². The van der Waals surface area contributed by atoms with Gasteiger partial charge in [-0.1, -0.05) is 33.6 Å². The molecule has 86 valence electrons. The molecule has 1 heterocycles. The Morgan fingerprint density at radius 2 is 1.93 bits per heavy atom. The minimum Gasteiger partial charge on any atom is -0.272 e. The lowest BCUT2D eigenvalue weighted by Crippen LogP contribution is -2.09. The zero-order chi connectivity index (χ0) is 11.3. The summed E-state index contributed by atoms with van der Waals surface area (Å²) >= 11 is 6.15. The third-order valence-corrected chi connectivity index (χ3v) is 3.53. The van der Waals surface area contributed by atoms with E-state index in [0.717, 1.165) is 24.4 Å². The topological polar surface area (TPSA) is 17.8 Å². The van der Waals surface area contributed by atoms with Crippen LogP contribution in [-0.2, 0) is 6.54 Å². The fourth-order valence-electron chi connectivity index (χ4n) is 1.69. The molecular formula is C12H21ClN2. The summed E-state index contributed by atoms with van der Waals surface area (Å²) < 4.78 is 2.03. The van der Waals surface area contributed by atoms with Crippen molar-refractivity contribution in [1.29, 1.82) is 0 Å². The molecule has 0 aliphatic carbocycles. The summed E-state index contributed by atoms with van der Waals surface area (Å²) in [5.74, 6) is 0.730. The van der Waals surface area contributed by atoms with Crippen LogP contribution in [0.4, 0.5) is 0 Å². The van der Waals surface area contributed by atoms with Gasteiger partial charge in [0.15, 0.2) is 0 Å². The first-order valence-electron chi connectivity index (χ1n) is 5.87. The van der Waals surface area contributed by atoms with Gasteiger partial charge in [-0.15, -0.1) is 11.6 Å². The molecule has 0 saturated carbocycles. The molecule has 0 spiro atoms. The van der Waals surface area contributed by atoms with Crippen LogP contribution in [0.3, 0.4) is 0 Å². The Kier molecular flexibility index (Phi) is 5.16. The Balaban J connectivity index is 2.59. The van der Waals surface area contributed by atoms with Crippen LogP contribution in [0.5, 0.6) is 0 Å². The van der Waals surface area contributed by atoms with Crippen molar-refractivity contribution in [2.24, 2.45) is 5.92 Å². The van der Waals surface area contributed by atoms with E-state index in [2.05, 4.69) is 32.1 Å². The monoisotopic (exact) mass is 228 g/mol. The predicted octanol–water partition coefficient (Wildman–Crippen LogP) is 4.01. The number of aromatic nitrogens is 2. The van der Waals surface area contributed by atoms with Crippen molar-refractivity contribution < 1.29 is 0 Å². The number of alkyl halides is 1. The van der Waals surface area contributed by atoms with Crippen LogP contribution in [0.1, 0.15) is 51.0 Å². The molecule has 0 fully saturated rings. The van der Waals surface area contributed by atoms with E-state index in [-0.39, 0.29) is 5.38 Å². The van der Waals surface area contributed by atoms with Crippen LogP contribution in [0.2, 0.25) is 0 Å². The lowest BCUT2D eigenvalue weighted by atomic mass is 10.0. The quantitative estimate of drug-likeness (QED) is 0.673. The van der Waals surface area contributed by atoms with Gasteiger partial charge in [0.25, 0.3) is 0 Å². The Morgan fingerprint density at radius 1 is 1.27 bits per heavy atom. The summed E-state index contributed by atoms with van der Waals surface area (Å²) in [5.41, 5.74) is 1.14. The second-order valence-electron chi connectivity index (χ2n) is 4.05. The minimum atomic E-state index is 0.112. The SMILES string of the molecule is CCC(CC)Cn1cc(C(Cl)CC)cn1. The highest BCUT2D eigenvalue weighted by Crippen LogP contribution is 2.23. The van der Waals surface area contributed by atoms with Crippen molar-refractivity contribution >= 4 is 11.6 Å². The van der Waals surface area contributed by atoms with Gasteiger partial charge >= 0.3 is 0 Å². The van der Waals surface area contributed by atoms with Crippen LogP contribution in [-0.4, -0.2) is 9.78 Å². The first-order chi connectivity index (χ1) is 7.21. The molecule has 1 aromatic rings. The number of halogens is 1. The van der Waals surface area contributed by atoms with E-state index in [1.54, 1.807) is 0 Å². The van der Waals surface area contributed by atoms with Crippen molar-refractivity contribution in [3.05, 3.63) is 18.0 Å². The molecule has 1 rings (SSSR count). The van der Waals surface area contributed by atoms with Crippen LogP contribution in [0.25, 0.3) is 0 Å². The third kappa shape index (κ3) is 3.53. The number of hydrogen-bond donors (Lipinski definition) is 0. The maximum absolute atomic E-state index is 6.15. The largest absolute Gasteiger partial charge is 0.272 e. The summed E-state index contributed by atoms with van der Waals surface area (Å²) in [5, 5.41) is 4.46. The van der Waals surface area contributed by atoms with Crippen molar-refractivity contribution in [3.8, 4) is 0 Å². The van der Waals surface area contributed by atoms with Crippen molar-refractivity contribution in [3.63, 3.8) is 0 Å². The Labute approximate surface area is 97.6 Å². The van der Waals surface area contributed by atoms with Gasteiger partial charge in [0.1, 0.15) is 0 Å². The lowest BCUT2D eigenvalue weighted by Gasteiger charge is -2.11. The molecule has 0 amide bonds.